The summed E-state index contributed by atoms with van der Waals surface area (Å²) in [7, 11) is -4.59. The number of morpholine rings is 1. The van der Waals surface area contributed by atoms with E-state index in [1.807, 2.05) is 84.9 Å². The highest BCUT2D eigenvalue weighted by atomic mass is 31.2. The lowest BCUT2D eigenvalue weighted by Crippen LogP contribution is -2.57. The lowest BCUT2D eigenvalue weighted by atomic mass is 9.75. The highest BCUT2D eigenvalue weighted by Crippen LogP contribution is 2.46. The molecule has 14 nitrogen and oxygen atoms in total. The minimum Gasteiger partial charge on any atom is -0.471 e. The summed E-state index contributed by atoms with van der Waals surface area (Å²) in [6, 6.07) is 46.3. The van der Waals surface area contributed by atoms with Crippen molar-refractivity contribution in [3.8, 4) is 11.6 Å². The predicted octanol–water partition coefficient (Wildman–Crippen LogP) is 7.91. The fourth-order valence-electron chi connectivity index (χ4n) is 7.97. The molecule has 1 aliphatic heterocycles. The molecule has 1 saturated heterocycles. The monoisotopic (exact) mass is 880 g/mol. The molecule has 1 aliphatic rings. The van der Waals surface area contributed by atoms with Crippen molar-refractivity contribution in [2.75, 3.05) is 24.6 Å². The first-order chi connectivity index (χ1) is 30.8. The molecular weight excluding hydrogens is 832 g/mol. The molecule has 328 valence electrons. The molecule has 15 heteroatoms. The average molecular weight is 881 g/mol. The Kier molecular flexibility index (Phi) is 12.9. The number of benzene rings is 5. The van der Waals surface area contributed by atoms with Crippen LogP contribution in [0.1, 0.15) is 54.8 Å². The van der Waals surface area contributed by atoms with Crippen LogP contribution >= 0.6 is 7.60 Å². The summed E-state index contributed by atoms with van der Waals surface area (Å²) in [4.78, 5) is 63.0. The van der Waals surface area contributed by atoms with Gasteiger partial charge in [0.05, 0.1) is 36.0 Å². The number of imidazole rings is 1. The number of fused-ring (bicyclic) bond motifs is 1. The van der Waals surface area contributed by atoms with Crippen molar-refractivity contribution in [2.45, 2.75) is 51.7 Å². The summed E-state index contributed by atoms with van der Waals surface area (Å²) in [6.07, 6.45) is -0.780. The molecule has 0 radical (unpaired) electrons. The lowest BCUT2D eigenvalue weighted by molar-refractivity contribution is -0.143. The molecule has 8 rings (SSSR count). The van der Waals surface area contributed by atoms with E-state index < -0.39 is 37.0 Å². The fraction of sp³-hybridized carbons (Fsp3) is 0.245. The van der Waals surface area contributed by atoms with Gasteiger partial charge in [-0.15, -0.1) is 0 Å². The summed E-state index contributed by atoms with van der Waals surface area (Å²) >= 11 is 0. The summed E-state index contributed by atoms with van der Waals surface area (Å²) in [5, 5.41) is 2.83. The van der Waals surface area contributed by atoms with Crippen molar-refractivity contribution >= 4 is 36.6 Å². The van der Waals surface area contributed by atoms with Gasteiger partial charge in [-0.25, -0.2) is 4.98 Å². The number of anilines is 1. The minimum absolute atomic E-state index is 0.0374. The molecule has 0 unspecified atom stereocenters. The number of rotatable bonds is 14. The smallest absolute Gasteiger partial charge is 0.328 e. The topological polar surface area (TPSA) is 178 Å². The maximum atomic E-state index is 13.4. The van der Waals surface area contributed by atoms with Crippen molar-refractivity contribution in [1.29, 1.82) is 0 Å². The molecule has 7 aromatic rings. The number of amides is 1. The van der Waals surface area contributed by atoms with Gasteiger partial charge in [0.2, 0.25) is 17.7 Å². The molecule has 0 aliphatic carbocycles. The first kappa shape index (κ1) is 44.1. The van der Waals surface area contributed by atoms with Gasteiger partial charge >= 0.3 is 13.6 Å². The van der Waals surface area contributed by atoms with Gasteiger partial charge in [-0.2, -0.15) is 9.97 Å². The molecule has 3 heterocycles. The Hall–Kier alpha value is -6.54. The van der Waals surface area contributed by atoms with Gasteiger partial charge in [-0.3, -0.25) is 28.9 Å². The van der Waals surface area contributed by atoms with Crippen LogP contribution in [0.5, 0.6) is 11.6 Å². The van der Waals surface area contributed by atoms with E-state index in [1.54, 1.807) is 49.6 Å². The van der Waals surface area contributed by atoms with Crippen molar-refractivity contribution in [2.24, 2.45) is 5.41 Å². The van der Waals surface area contributed by atoms with Crippen molar-refractivity contribution < 1.29 is 38.2 Å². The van der Waals surface area contributed by atoms with Gasteiger partial charge in [0.15, 0.2) is 11.2 Å². The molecule has 0 saturated carbocycles. The molecule has 1 fully saturated rings. The lowest BCUT2D eigenvalue weighted by Gasteiger charge is -2.50. The standard InChI is InChI=1S/C49H49N6O8P/c1-48(2,3)46(57)63-39-26-24-35(25-27-39)31-61-45-43-44(52-47(53-45)51-41(56)28-34-16-8-4-9-17-34)55(33-50-43)42-30-54(29-40(62-42)32-64(58,59)60)49(36-18-10-5-11-19-36,37-20-12-6-13-21-37)38-22-14-7-15-23-38/h4-27,33,40,42H,28-32H2,1-3H3,(H2,58,59,60)(H,51,52,53,56)/t40-,42+/m0/s1. The number of carbonyl (C=O) groups is 2. The molecule has 2 atom stereocenters. The Morgan fingerprint density at radius 2 is 1.33 bits per heavy atom. The zero-order valence-corrected chi connectivity index (χ0v) is 36.5. The third-order valence-corrected chi connectivity index (χ3v) is 11.8. The van der Waals surface area contributed by atoms with Crippen LogP contribution in [0.25, 0.3) is 11.2 Å². The molecular formula is C49H49N6O8P. The molecule has 2 aromatic heterocycles. The fourth-order valence-corrected chi connectivity index (χ4v) is 8.70. The first-order valence-corrected chi connectivity index (χ1v) is 22.7. The summed E-state index contributed by atoms with van der Waals surface area (Å²) in [5.41, 5.74) is 3.28. The van der Waals surface area contributed by atoms with E-state index in [9.17, 15) is 23.9 Å². The van der Waals surface area contributed by atoms with Crippen LogP contribution in [-0.2, 0) is 37.5 Å². The molecule has 1 amide bonds. The number of carbonyl (C=O) groups excluding carboxylic acids is 2. The predicted molar refractivity (Wildman–Crippen MR) is 242 cm³/mol. The number of nitrogens with one attached hydrogen (secondary N) is 1. The van der Waals surface area contributed by atoms with Crippen molar-refractivity contribution in [1.82, 2.24) is 24.4 Å². The van der Waals surface area contributed by atoms with E-state index in [0.717, 1.165) is 27.8 Å². The van der Waals surface area contributed by atoms with Crippen molar-refractivity contribution in [3.63, 3.8) is 0 Å². The van der Waals surface area contributed by atoms with Gasteiger partial charge < -0.3 is 24.0 Å². The van der Waals surface area contributed by atoms with E-state index in [4.69, 9.17) is 24.2 Å². The molecule has 64 heavy (non-hydrogen) atoms. The number of hydrogen-bond acceptors (Lipinski definition) is 10. The largest absolute Gasteiger partial charge is 0.471 e. The molecule has 5 aromatic carbocycles. The quantitative estimate of drug-likeness (QED) is 0.0417. The zero-order chi connectivity index (χ0) is 44.9. The van der Waals surface area contributed by atoms with E-state index in [-0.39, 0.29) is 61.0 Å². The second-order valence-electron chi connectivity index (χ2n) is 16.7. The zero-order valence-electron chi connectivity index (χ0n) is 35.7. The third-order valence-electron chi connectivity index (χ3n) is 10.9. The van der Waals surface area contributed by atoms with Gasteiger partial charge in [-0.1, -0.05) is 133 Å². The maximum absolute atomic E-state index is 13.4. The van der Waals surface area contributed by atoms with E-state index >= 15 is 0 Å². The van der Waals surface area contributed by atoms with Gasteiger partial charge in [0.25, 0.3) is 0 Å². The normalized spacial score (nSPS) is 16.0. The van der Waals surface area contributed by atoms with E-state index in [1.165, 1.54) is 6.33 Å². The van der Waals surface area contributed by atoms with Gasteiger partial charge in [0.1, 0.15) is 18.6 Å². The van der Waals surface area contributed by atoms with Crippen molar-refractivity contribution in [3.05, 3.63) is 180 Å². The number of aromatic nitrogens is 4. The Labute approximate surface area is 371 Å². The molecule has 0 spiro atoms. The summed E-state index contributed by atoms with van der Waals surface area (Å²) < 4.78 is 33.0. The number of nitrogens with zero attached hydrogens (tertiary/aromatic N) is 5. The Morgan fingerprint density at radius 3 is 1.88 bits per heavy atom. The number of hydrogen-bond donors (Lipinski definition) is 3. The minimum atomic E-state index is -4.59. The van der Waals surface area contributed by atoms with Crippen LogP contribution in [0, 0.1) is 5.41 Å². The van der Waals surface area contributed by atoms with Crippen LogP contribution in [0.4, 0.5) is 5.95 Å². The van der Waals surface area contributed by atoms with Crippen LogP contribution < -0.4 is 14.8 Å². The Bertz CT molecular complexity index is 2650. The number of esters is 1. The molecule has 3 N–H and O–H groups in total. The highest BCUT2D eigenvalue weighted by molar-refractivity contribution is 7.51. The SMILES string of the molecule is CC(C)(C)C(=O)Oc1ccc(COc2nc(NC(=O)Cc3ccccc3)nc3c2ncn3[C@H]2CN(C(c3ccccc3)(c3ccccc3)c3ccccc3)C[C@@H](CP(=O)(O)O)O2)cc1. The summed E-state index contributed by atoms with van der Waals surface area (Å²) in [5.74, 6) is -0.288. The van der Waals surface area contributed by atoms with Gasteiger partial charge in [0, 0.05) is 13.1 Å². The highest BCUT2D eigenvalue weighted by Gasteiger charge is 2.47. The first-order valence-electron chi connectivity index (χ1n) is 20.9. The second kappa shape index (κ2) is 18.7. The van der Waals surface area contributed by atoms with Crippen LogP contribution in [0.3, 0.4) is 0 Å². The second-order valence-corrected chi connectivity index (χ2v) is 18.4. The summed E-state index contributed by atoms with van der Waals surface area (Å²) in [6.45, 7) is 5.75. The Balaban J connectivity index is 1.20. The molecule has 0 bridgehead atoms. The van der Waals surface area contributed by atoms with Gasteiger partial charge in [-0.05, 0) is 60.7 Å². The Morgan fingerprint density at radius 1 is 0.766 bits per heavy atom. The average Bonchev–Trinajstić information content (AvgIpc) is 3.71. The van der Waals surface area contributed by atoms with E-state index in [2.05, 4.69) is 51.6 Å². The van der Waals surface area contributed by atoms with E-state index in [0.29, 0.717) is 5.75 Å². The number of ether oxygens (including phenoxy) is 3. The van der Waals surface area contributed by atoms with Crippen LogP contribution in [0.2, 0.25) is 0 Å². The maximum Gasteiger partial charge on any atom is 0.328 e. The van der Waals surface area contributed by atoms with Crippen LogP contribution in [0.15, 0.2) is 152 Å². The third kappa shape index (κ3) is 9.97. The van der Waals surface area contributed by atoms with Crippen LogP contribution in [-0.4, -0.2) is 71.4 Å².